The minimum absolute atomic E-state index is 0.0196. The van der Waals surface area contributed by atoms with Crippen LogP contribution >= 0.6 is 0 Å². The summed E-state index contributed by atoms with van der Waals surface area (Å²) >= 11 is 0. The highest BCUT2D eigenvalue weighted by Gasteiger charge is 2.28. The van der Waals surface area contributed by atoms with Crippen LogP contribution in [0.15, 0.2) is 24.3 Å². The summed E-state index contributed by atoms with van der Waals surface area (Å²) in [5, 5.41) is 3.34. The first-order valence-corrected chi connectivity index (χ1v) is 9.64. The van der Waals surface area contributed by atoms with Gasteiger partial charge >= 0.3 is 0 Å². The molecule has 1 amide bonds. The van der Waals surface area contributed by atoms with Gasteiger partial charge in [0.1, 0.15) is 0 Å². The first kappa shape index (κ1) is 17.7. The second kappa shape index (κ2) is 7.31. The van der Waals surface area contributed by atoms with Gasteiger partial charge in [-0.3, -0.25) is 9.52 Å². The van der Waals surface area contributed by atoms with Gasteiger partial charge < -0.3 is 10.2 Å². The number of anilines is 1. The number of benzene rings is 1. The first-order chi connectivity index (χ1) is 10.8. The maximum Gasteiger partial charge on any atom is 0.254 e. The molecular formula is C16H25N3O3S. The fourth-order valence-corrected chi connectivity index (χ4v) is 3.82. The lowest BCUT2D eigenvalue weighted by atomic mass is 10.1. The van der Waals surface area contributed by atoms with E-state index in [-0.39, 0.29) is 23.7 Å². The molecule has 0 radical (unpaired) electrons. The Morgan fingerprint density at radius 2 is 1.96 bits per heavy atom. The van der Waals surface area contributed by atoms with Crippen LogP contribution in [0.3, 0.4) is 0 Å². The van der Waals surface area contributed by atoms with Crippen LogP contribution in [-0.4, -0.2) is 50.2 Å². The summed E-state index contributed by atoms with van der Waals surface area (Å²) < 4.78 is 26.0. The Labute approximate surface area is 138 Å². The van der Waals surface area contributed by atoms with E-state index in [1.54, 1.807) is 24.3 Å². The Balaban J connectivity index is 2.08. The molecule has 1 aromatic carbocycles. The molecule has 1 saturated heterocycles. The molecule has 1 heterocycles. The largest absolute Gasteiger partial charge is 0.333 e. The van der Waals surface area contributed by atoms with Crippen LogP contribution < -0.4 is 10.0 Å². The topological polar surface area (TPSA) is 78.5 Å². The summed E-state index contributed by atoms with van der Waals surface area (Å²) in [6.45, 7) is 7.37. The molecule has 6 nitrogen and oxygen atoms in total. The highest BCUT2D eigenvalue weighted by Crippen LogP contribution is 2.17. The van der Waals surface area contributed by atoms with Crippen LogP contribution in [0.2, 0.25) is 0 Å². The second-order valence-electron chi connectivity index (χ2n) is 5.98. The van der Waals surface area contributed by atoms with E-state index in [0.717, 1.165) is 6.54 Å². The number of nitrogens with one attached hydrogen (secondary N) is 2. The van der Waals surface area contributed by atoms with Crippen molar-refractivity contribution >= 4 is 21.6 Å². The van der Waals surface area contributed by atoms with Gasteiger partial charge in [0.15, 0.2) is 0 Å². The van der Waals surface area contributed by atoms with Crippen molar-refractivity contribution in [2.45, 2.75) is 39.3 Å². The predicted octanol–water partition coefficient (Wildman–Crippen LogP) is 1.66. The number of hydrogen-bond acceptors (Lipinski definition) is 4. The van der Waals surface area contributed by atoms with Crippen LogP contribution in [0.4, 0.5) is 5.69 Å². The van der Waals surface area contributed by atoms with Crippen LogP contribution in [0.5, 0.6) is 0 Å². The summed E-state index contributed by atoms with van der Waals surface area (Å²) in [5.74, 6) is 0.0676. The maximum absolute atomic E-state index is 12.6. The Bertz CT molecular complexity index is 643. The second-order valence-corrected chi connectivity index (χ2v) is 7.82. The molecule has 0 aromatic heterocycles. The molecule has 1 aromatic rings. The summed E-state index contributed by atoms with van der Waals surface area (Å²) in [7, 11) is -3.31. The van der Waals surface area contributed by atoms with Crippen molar-refractivity contribution in [2.75, 3.05) is 23.6 Å². The van der Waals surface area contributed by atoms with Crippen LogP contribution in [0.25, 0.3) is 0 Å². The molecular weight excluding hydrogens is 314 g/mol. The third-order valence-electron chi connectivity index (χ3n) is 4.17. The minimum atomic E-state index is -3.31. The number of amides is 1. The molecule has 1 fully saturated rings. The minimum Gasteiger partial charge on any atom is -0.333 e. The standard InChI is InChI=1S/C16H25N3O3S/c1-4-11-23(21,22)18-15-7-5-14(6-8-15)16(20)19-10-9-17-12(2)13(19)3/h5-8,12-13,17-18H,4,9-11H2,1-3H3. The molecule has 0 saturated carbocycles. The molecule has 2 unspecified atom stereocenters. The van der Waals surface area contributed by atoms with Gasteiger partial charge in [0.25, 0.3) is 5.91 Å². The van der Waals surface area contributed by atoms with E-state index in [1.165, 1.54) is 0 Å². The number of nitrogens with zero attached hydrogens (tertiary/aromatic N) is 1. The van der Waals surface area contributed by atoms with E-state index in [2.05, 4.69) is 17.0 Å². The van der Waals surface area contributed by atoms with Gasteiger partial charge in [-0.25, -0.2) is 8.42 Å². The number of rotatable bonds is 5. The van der Waals surface area contributed by atoms with Crippen molar-refractivity contribution in [1.82, 2.24) is 10.2 Å². The van der Waals surface area contributed by atoms with Gasteiger partial charge in [0, 0.05) is 36.4 Å². The Morgan fingerprint density at radius 1 is 1.30 bits per heavy atom. The zero-order valence-electron chi connectivity index (χ0n) is 13.9. The fourth-order valence-electron chi connectivity index (χ4n) is 2.69. The van der Waals surface area contributed by atoms with Crippen LogP contribution in [0.1, 0.15) is 37.6 Å². The summed E-state index contributed by atoms with van der Waals surface area (Å²) in [6.07, 6.45) is 0.560. The van der Waals surface area contributed by atoms with Crippen molar-refractivity contribution in [2.24, 2.45) is 0 Å². The van der Waals surface area contributed by atoms with E-state index in [9.17, 15) is 13.2 Å². The van der Waals surface area contributed by atoms with Crippen molar-refractivity contribution in [3.05, 3.63) is 29.8 Å². The Kier molecular flexibility index (Phi) is 5.64. The zero-order chi connectivity index (χ0) is 17.0. The van der Waals surface area contributed by atoms with Crippen LogP contribution in [0, 0.1) is 0 Å². The van der Waals surface area contributed by atoms with E-state index in [0.29, 0.717) is 24.2 Å². The van der Waals surface area contributed by atoms with Gasteiger partial charge in [-0.15, -0.1) is 0 Å². The van der Waals surface area contributed by atoms with Crippen molar-refractivity contribution in [3.63, 3.8) is 0 Å². The van der Waals surface area contributed by atoms with Crippen molar-refractivity contribution in [1.29, 1.82) is 0 Å². The van der Waals surface area contributed by atoms with E-state index in [1.807, 2.05) is 18.7 Å². The van der Waals surface area contributed by atoms with Gasteiger partial charge in [-0.05, 0) is 44.5 Å². The number of carbonyl (C=O) groups is 1. The molecule has 0 spiro atoms. The summed E-state index contributed by atoms with van der Waals surface area (Å²) in [6, 6.07) is 7.00. The quantitative estimate of drug-likeness (QED) is 0.855. The molecule has 128 valence electrons. The highest BCUT2D eigenvalue weighted by atomic mass is 32.2. The average molecular weight is 339 g/mol. The molecule has 0 bridgehead atoms. The summed E-state index contributed by atoms with van der Waals surface area (Å²) in [4.78, 5) is 14.5. The number of hydrogen-bond donors (Lipinski definition) is 2. The van der Waals surface area contributed by atoms with E-state index < -0.39 is 10.0 Å². The third kappa shape index (κ3) is 4.45. The smallest absolute Gasteiger partial charge is 0.254 e. The monoisotopic (exact) mass is 339 g/mol. The Hall–Kier alpha value is -1.60. The molecule has 2 rings (SSSR count). The van der Waals surface area contributed by atoms with Crippen LogP contribution in [-0.2, 0) is 10.0 Å². The van der Waals surface area contributed by atoms with E-state index >= 15 is 0 Å². The van der Waals surface area contributed by atoms with Crippen molar-refractivity contribution in [3.8, 4) is 0 Å². The first-order valence-electron chi connectivity index (χ1n) is 7.99. The molecule has 1 aliphatic rings. The predicted molar refractivity (Wildman–Crippen MR) is 92.1 cm³/mol. The van der Waals surface area contributed by atoms with Gasteiger partial charge in [-0.1, -0.05) is 6.92 Å². The highest BCUT2D eigenvalue weighted by molar-refractivity contribution is 7.92. The van der Waals surface area contributed by atoms with Gasteiger partial charge in [0.2, 0.25) is 10.0 Å². The number of carbonyl (C=O) groups excluding carboxylic acids is 1. The molecule has 1 aliphatic heterocycles. The van der Waals surface area contributed by atoms with Crippen molar-refractivity contribution < 1.29 is 13.2 Å². The molecule has 2 atom stereocenters. The summed E-state index contributed by atoms with van der Waals surface area (Å²) in [5.41, 5.74) is 1.06. The van der Waals surface area contributed by atoms with E-state index in [4.69, 9.17) is 0 Å². The molecule has 2 N–H and O–H groups in total. The normalized spacial score (nSPS) is 22.0. The maximum atomic E-state index is 12.6. The average Bonchev–Trinajstić information content (AvgIpc) is 2.49. The zero-order valence-corrected chi connectivity index (χ0v) is 14.7. The van der Waals surface area contributed by atoms with Gasteiger partial charge in [0.05, 0.1) is 5.75 Å². The molecule has 0 aliphatic carbocycles. The fraction of sp³-hybridized carbons (Fsp3) is 0.562. The Morgan fingerprint density at radius 3 is 2.57 bits per heavy atom. The number of piperazine rings is 1. The number of sulfonamides is 1. The lowest BCUT2D eigenvalue weighted by Crippen LogP contribution is -2.57. The molecule has 23 heavy (non-hydrogen) atoms. The SMILES string of the molecule is CCCS(=O)(=O)Nc1ccc(C(=O)N2CCNC(C)C2C)cc1. The molecule has 7 heteroatoms. The lowest BCUT2D eigenvalue weighted by Gasteiger charge is -2.38. The van der Waals surface area contributed by atoms with Gasteiger partial charge in [-0.2, -0.15) is 0 Å². The third-order valence-corrected chi connectivity index (χ3v) is 5.67. The lowest BCUT2D eigenvalue weighted by molar-refractivity contribution is 0.0603.